The van der Waals surface area contributed by atoms with Crippen LogP contribution in [0.3, 0.4) is 0 Å². The van der Waals surface area contributed by atoms with E-state index in [-0.39, 0.29) is 55.8 Å². The molecular formula is C25H22F3N5O4S. The second kappa shape index (κ2) is 11.6. The molecule has 4 heterocycles. The van der Waals surface area contributed by atoms with Crippen molar-refractivity contribution in [3.8, 4) is 6.07 Å². The highest BCUT2D eigenvalue weighted by molar-refractivity contribution is 7.98. The molecule has 4 rings (SSSR count). The quantitative estimate of drug-likeness (QED) is 0.315. The van der Waals surface area contributed by atoms with E-state index in [1.165, 1.54) is 28.5 Å². The van der Waals surface area contributed by atoms with Gasteiger partial charge in [-0.3, -0.25) is 4.79 Å². The molecule has 0 aromatic carbocycles. The molecule has 1 aliphatic heterocycles. The van der Waals surface area contributed by atoms with Gasteiger partial charge in [0.15, 0.2) is 11.5 Å². The SMILES string of the molecule is CCOC(=O)c1cc(C#N)c(N2CCN(C(=O)c3ccc(CSc4ccccn4)o3)CC2)nc1C(F)(F)F. The standard InChI is InChI=1S/C25H22F3N5O4S/c1-2-36-24(35)18-13-16(14-29)22(31-21(18)25(26,27)28)32-9-11-33(12-10-32)23(34)19-7-6-17(37-19)15-38-20-5-3-4-8-30-20/h3-8,13H,2,9-12,15H2,1H3. The number of thioether (sulfide) groups is 1. The van der Waals surface area contributed by atoms with Crippen molar-refractivity contribution in [2.24, 2.45) is 0 Å². The van der Waals surface area contributed by atoms with E-state index in [1.807, 2.05) is 24.3 Å². The van der Waals surface area contributed by atoms with Crippen LogP contribution >= 0.6 is 11.8 Å². The number of hydrogen-bond acceptors (Lipinski definition) is 9. The predicted molar refractivity (Wildman–Crippen MR) is 131 cm³/mol. The molecule has 1 saturated heterocycles. The van der Waals surface area contributed by atoms with Crippen LogP contribution in [-0.4, -0.2) is 59.5 Å². The molecule has 0 radical (unpaired) electrons. The summed E-state index contributed by atoms with van der Waals surface area (Å²) in [6, 6.07) is 11.5. The number of piperazine rings is 1. The van der Waals surface area contributed by atoms with Gasteiger partial charge < -0.3 is 19.0 Å². The third-order valence-corrected chi connectivity index (χ3v) is 6.59. The zero-order valence-corrected chi connectivity index (χ0v) is 21.0. The van der Waals surface area contributed by atoms with Crippen LogP contribution in [0, 0.1) is 11.3 Å². The van der Waals surface area contributed by atoms with E-state index >= 15 is 0 Å². The van der Waals surface area contributed by atoms with Crippen molar-refractivity contribution in [2.45, 2.75) is 23.9 Å². The number of amides is 1. The topological polar surface area (TPSA) is 113 Å². The fourth-order valence-electron chi connectivity index (χ4n) is 3.83. The molecule has 1 aliphatic rings. The summed E-state index contributed by atoms with van der Waals surface area (Å²) in [4.78, 5) is 35.9. The minimum atomic E-state index is -4.94. The highest BCUT2D eigenvalue weighted by atomic mass is 32.2. The van der Waals surface area contributed by atoms with Gasteiger partial charge in [0.1, 0.15) is 17.6 Å². The van der Waals surface area contributed by atoms with Gasteiger partial charge in [0.05, 0.1) is 28.5 Å². The van der Waals surface area contributed by atoms with Crippen LogP contribution in [0.1, 0.15) is 44.9 Å². The van der Waals surface area contributed by atoms with Gasteiger partial charge in [-0.05, 0) is 37.3 Å². The van der Waals surface area contributed by atoms with E-state index in [2.05, 4.69) is 9.97 Å². The fraction of sp³-hybridized carbons (Fsp3) is 0.320. The van der Waals surface area contributed by atoms with E-state index in [4.69, 9.17) is 9.15 Å². The third kappa shape index (κ3) is 6.08. The third-order valence-electron chi connectivity index (χ3n) is 5.63. The molecule has 38 heavy (non-hydrogen) atoms. The predicted octanol–water partition coefficient (Wildman–Crippen LogP) is 4.39. The first-order valence-electron chi connectivity index (χ1n) is 11.6. The summed E-state index contributed by atoms with van der Waals surface area (Å²) >= 11 is 1.46. The maximum atomic E-state index is 13.7. The van der Waals surface area contributed by atoms with Gasteiger partial charge in [-0.25, -0.2) is 14.8 Å². The molecule has 0 saturated carbocycles. The summed E-state index contributed by atoms with van der Waals surface area (Å²) in [6.07, 6.45) is -3.25. The number of nitrogens with zero attached hydrogens (tertiary/aromatic N) is 5. The van der Waals surface area contributed by atoms with Gasteiger partial charge in [-0.15, -0.1) is 0 Å². The van der Waals surface area contributed by atoms with Crippen molar-refractivity contribution < 1.29 is 31.9 Å². The molecule has 0 aliphatic carbocycles. The van der Waals surface area contributed by atoms with Crippen LogP contribution < -0.4 is 4.90 Å². The molecule has 3 aromatic rings. The fourth-order valence-corrected chi connectivity index (χ4v) is 4.59. The maximum absolute atomic E-state index is 13.7. The largest absolute Gasteiger partial charge is 0.462 e. The van der Waals surface area contributed by atoms with Crippen LogP contribution in [0.2, 0.25) is 0 Å². The molecule has 0 spiro atoms. The number of carbonyl (C=O) groups is 2. The van der Waals surface area contributed by atoms with Crippen molar-refractivity contribution in [1.29, 1.82) is 5.26 Å². The molecular weight excluding hydrogens is 523 g/mol. The van der Waals surface area contributed by atoms with E-state index in [1.54, 1.807) is 18.3 Å². The van der Waals surface area contributed by atoms with Crippen molar-refractivity contribution in [3.63, 3.8) is 0 Å². The van der Waals surface area contributed by atoms with Gasteiger partial charge in [0, 0.05) is 32.4 Å². The first kappa shape index (κ1) is 27.0. The van der Waals surface area contributed by atoms with Gasteiger partial charge in [0.2, 0.25) is 0 Å². The Balaban J connectivity index is 1.45. The van der Waals surface area contributed by atoms with E-state index < -0.39 is 23.4 Å². The zero-order chi connectivity index (χ0) is 27.3. The van der Waals surface area contributed by atoms with Crippen LogP contribution in [0.25, 0.3) is 0 Å². The van der Waals surface area contributed by atoms with Crippen LogP contribution in [0.15, 0.2) is 52.0 Å². The van der Waals surface area contributed by atoms with Crippen molar-refractivity contribution >= 4 is 29.5 Å². The summed E-state index contributed by atoms with van der Waals surface area (Å²) in [5.41, 5.74) is -2.43. The Kier molecular flexibility index (Phi) is 8.21. The number of rotatable bonds is 7. The Labute approximate surface area is 220 Å². The molecule has 13 heteroatoms. The summed E-state index contributed by atoms with van der Waals surface area (Å²) in [5, 5.41) is 10.4. The monoisotopic (exact) mass is 545 g/mol. The Hall–Kier alpha value is -4.05. The van der Waals surface area contributed by atoms with Gasteiger partial charge >= 0.3 is 12.1 Å². The number of halogens is 3. The van der Waals surface area contributed by atoms with Gasteiger partial charge in [0.25, 0.3) is 5.91 Å². The summed E-state index contributed by atoms with van der Waals surface area (Å²) in [5.74, 6) is -0.505. The molecule has 0 unspecified atom stereocenters. The summed E-state index contributed by atoms with van der Waals surface area (Å²) < 4.78 is 51.5. The lowest BCUT2D eigenvalue weighted by atomic mass is 10.1. The first-order chi connectivity index (χ1) is 18.2. The zero-order valence-electron chi connectivity index (χ0n) is 20.2. The number of esters is 1. The first-order valence-corrected chi connectivity index (χ1v) is 12.6. The number of alkyl halides is 3. The number of carbonyl (C=O) groups excluding carboxylic acids is 2. The van der Waals surface area contributed by atoms with E-state index in [0.29, 0.717) is 11.5 Å². The second-order valence-electron chi connectivity index (χ2n) is 8.09. The second-order valence-corrected chi connectivity index (χ2v) is 9.08. The van der Waals surface area contributed by atoms with E-state index in [0.717, 1.165) is 11.1 Å². The molecule has 0 atom stereocenters. The number of furan rings is 1. The molecule has 9 nitrogen and oxygen atoms in total. The highest BCUT2D eigenvalue weighted by Gasteiger charge is 2.40. The highest BCUT2D eigenvalue weighted by Crippen LogP contribution is 2.34. The minimum absolute atomic E-state index is 0.129. The number of pyridine rings is 2. The summed E-state index contributed by atoms with van der Waals surface area (Å²) in [6.45, 7) is 1.94. The van der Waals surface area contributed by atoms with E-state index in [9.17, 15) is 28.0 Å². The number of anilines is 1. The van der Waals surface area contributed by atoms with Crippen molar-refractivity contribution in [2.75, 3.05) is 37.7 Å². The van der Waals surface area contributed by atoms with Gasteiger partial charge in [-0.1, -0.05) is 17.8 Å². The lowest BCUT2D eigenvalue weighted by Crippen LogP contribution is -2.49. The Morgan fingerprint density at radius 3 is 2.58 bits per heavy atom. The minimum Gasteiger partial charge on any atom is -0.462 e. The maximum Gasteiger partial charge on any atom is 0.434 e. The van der Waals surface area contributed by atoms with Crippen molar-refractivity contribution in [3.05, 3.63) is 70.9 Å². The molecule has 198 valence electrons. The lowest BCUT2D eigenvalue weighted by Gasteiger charge is -2.35. The molecule has 3 aromatic heterocycles. The van der Waals surface area contributed by atoms with Crippen molar-refractivity contribution in [1.82, 2.24) is 14.9 Å². The molecule has 0 N–H and O–H groups in total. The summed E-state index contributed by atoms with van der Waals surface area (Å²) in [7, 11) is 0. The molecule has 1 amide bonds. The number of aromatic nitrogens is 2. The smallest absolute Gasteiger partial charge is 0.434 e. The van der Waals surface area contributed by atoms with Crippen LogP contribution in [0.4, 0.5) is 19.0 Å². The Bertz CT molecular complexity index is 1350. The number of ether oxygens (including phenoxy) is 1. The Morgan fingerprint density at radius 2 is 1.95 bits per heavy atom. The number of hydrogen-bond donors (Lipinski definition) is 0. The van der Waals surface area contributed by atoms with Gasteiger partial charge in [-0.2, -0.15) is 18.4 Å². The lowest BCUT2D eigenvalue weighted by molar-refractivity contribution is -0.141. The normalized spacial score (nSPS) is 13.8. The molecule has 0 bridgehead atoms. The Morgan fingerprint density at radius 1 is 1.18 bits per heavy atom. The molecule has 1 fully saturated rings. The van der Waals surface area contributed by atoms with Crippen LogP contribution in [-0.2, 0) is 16.7 Å². The average molecular weight is 546 g/mol. The van der Waals surface area contributed by atoms with Crippen LogP contribution in [0.5, 0.6) is 0 Å². The average Bonchev–Trinajstić information content (AvgIpc) is 3.40. The number of nitriles is 1.